The smallest absolute Gasteiger partial charge is 0.252 e. The minimum Gasteiger partial charge on any atom is -0.464 e. The first-order valence-corrected chi connectivity index (χ1v) is 8.38. The molecule has 0 bridgehead atoms. The largest absolute Gasteiger partial charge is 0.464 e. The van der Waals surface area contributed by atoms with E-state index in [1.807, 2.05) is 6.92 Å². The van der Waals surface area contributed by atoms with Crippen molar-refractivity contribution in [3.8, 4) is 17.4 Å². The van der Waals surface area contributed by atoms with Gasteiger partial charge >= 0.3 is 0 Å². The summed E-state index contributed by atoms with van der Waals surface area (Å²) in [6.07, 6.45) is 2.80. The third-order valence-corrected chi connectivity index (χ3v) is 4.63. The third-order valence-electron chi connectivity index (χ3n) is 3.69. The van der Waals surface area contributed by atoms with Crippen LogP contribution >= 0.6 is 11.8 Å². The van der Waals surface area contributed by atoms with Crippen molar-refractivity contribution in [2.75, 3.05) is 11.1 Å². The van der Waals surface area contributed by atoms with Gasteiger partial charge in [0.05, 0.1) is 17.0 Å². The molecule has 126 valence electrons. The summed E-state index contributed by atoms with van der Waals surface area (Å²) in [5.41, 5.74) is 2.32. The van der Waals surface area contributed by atoms with Gasteiger partial charge in [0, 0.05) is 17.3 Å². The number of pyridine rings is 1. The molecule has 2 N–H and O–H groups in total. The summed E-state index contributed by atoms with van der Waals surface area (Å²) in [6, 6.07) is 5.58. The molecule has 2 aromatic heterocycles. The lowest BCUT2D eigenvalue weighted by Crippen LogP contribution is -2.17. The zero-order valence-electron chi connectivity index (χ0n) is 13.5. The van der Waals surface area contributed by atoms with E-state index in [4.69, 9.17) is 4.42 Å². The summed E-state index contributed by atoms with van der Waals surface area (Å²) in [7, 11) is 0. The Kier molecular flexibility index (Phi) is 4.59. The van der Waals surface area contributed by atoms with Crippen LogP contribution in [-0.2, 0) is 9.59 Å². The number of thioether (sulfide) groups is 1. The number of nitrogens with zero attached hydrogens (tertiary/aromatic N) is 2. The van der Waals surface area contributed by atoms with Crippen molar-refractivity contribution in [2.45, 2.75) is 13.8 Å². The maximum atomic E-state index is 12.2. The molecular formula is C17H14N4O3S. The first-order valence-electron chi connectivity index (χ1n) is 7.40. The molecule has 8 heteroatoms. The van der Waals surface area contributed by atoms with E-state index in [1.54, 1.807) is 19.1 Å². The van der Waals surface area contributed by atoms with Crippen LogP contribution in [0, 0.1) is 25.2 Å². The van der Waals surface area contributed by atoms with Gasteiger partial charge in [0.25, 0.3) is 5.91 Å². The summed E-state index contributed by atoms with van der Waals surface area (Å²) in [5.74, 6) is 0.362. The van der Waals surface area contributed by atoms with E-state index in [0.717, 1.165) is 5.56 Å². The Balaban J connectivity index is 1.98. The van der Waals surface area contributed by atoms with Crippen molar-refractivity contribution >= 4 is 29.4 Å². The lowest BCUT2D eigenvalue weighted by molar-refractivity contribution is -0.117. The molecule has 7 nitrogen and oxygen atoms in total. The summed E-state index contributed by atoms with van der Waals surface area (Å²) < 4.78 is 5.42. The minimum atomic E-state index is -0.470. The molecule has 0 radical (unpaired) electrons. The Labute approximate surface area is 148 Å². The zero-order valence-corrected chi connectivity index (χ0v) is 14.4. The van der Waals surface area contributed by atoms with Crippen LogP contribution in [0.5, 0.6) is 0 Å². The Morgan fingerprint density at radius 1 is 1.52 bits per heavy atom. The zero-order chi connectivity index (χ0) is 18.0. The van der Waals surface area contributed by atoms with E-state index in [9.17, 15) is 14.9 Å². The Morgan fingerprint density at radius 2 is 2.32 bits per heavy atom. The SMILES string of the molecule is Cc1nc(NC(=O)/C=C2\NC(=O)CS2)c(C#N)c(-c2ccco2)c1C. The second-order valence-electron chi connectivity index (χ2n) is 5.34. The molecule has 1 aliphatic rings. The number of nitriles is 1. The van der Waals surface area contributed by atoms with Crippen LogP contribution in [0.15, 0.2) is 33.9 Å². The van der Waals surface area contributed by atoms with Crippen LogP contribution in [0.4, 0.5) is 5.82 Å². The van der Waals surface area contributed by atoms with Crippen LogP contribution in [-0.4, -0.2) is 22.6 Å². The highest BCUT2D eigenvalue weighted by molar-refractivity contribution is 8.04. The lowest BCUT2D eigenvalue weighted by atomic mass is 10.00. The molecule has 1 saturated heterocycles. The Hall–Kier alpha value is -3.05. The van der Waals surface area contributed by atoms with Gasteiger partial charge in [-0.3, -0.25) is 9.59 Å². The summed E-state index contributed by atoms with van der Waals surface area (Å²) in [4.78, 5) is 27.7. The second kappa shape index (κ2) is 6.83. The fourth-order valence-electron chi connectivity index (χ4n) is 2.42. The summed E-state index contributed by atoms with van der Waals surface area (Å²) >= 11 is 1.25. The molecule has 25 heavy (non-hydrogen) atoms. The fourth-order valence-corrected chi connectivity index (χ4v) is 3.16. The molecule has 2 aromatic rings. The number of rotatable bonds is 3. The van der Waals surface area contributed by atoms with Gasteiger partial charge in [-0.1, -0.05) is 11.8 Å². The van der Waals surface area contributed by atoms with Crippen molar-refractivity contribution in [1.29, 1.82) is 5.26 Å². The van der Waals surface area contributed by atoms with E-state index in [2.05, 4.69) is 21.7 Å². The highest BCUT2D eigenvalue weighted by atomic mass is 32.2. The maximum absolute atomic E-state index is 12.2. The maximum Gasteiger partial charge on any atom is 0.252 e. The number of anilines is 1. The number of hydrogen-bond donors (Lipinski definition) is 2. The number of nitrogens with one attached hydrogen (secondary N) is 2. The lowest BCUT2D eigenvalue weighted by Gasteiger charge is -2.13. The molecule has 2 amide bonds. The molecule has 3 heterocycles. The monoisotopic (exact) mass is 354 g/mol. The quantitative estimate of drug-likeness (QED) is 0.820. The first-order chi connectivity index (χ1) is 12.0. The highest BCUT2D eigenvalue weighted by Crippen LogP contribution is 2.32. The van der Waals surface area contributed by atoms with Gasteiger partial charge in [0.15, 0.2) is 5.82 Å². The number of furan rings is 1. The van der Waals surface area contributed by atoms with Gasteiger partial charge in [-0.15, -0.1) is 0 Å². The number of aromatic nitrogens is 1. The van der Waals surface area contributed by atoms with Gasteiger partial charge in [0.2, 0.25) is 5.91 Å². The van der Waals surface area contributed by atoms with Crippen molar-refractivity contribution in [3.63, 3.8) is 0 Å². The van der Waals surface area contributed by atoms with E-state index in [1.165, 1.54) is 24.1 Å². The predicted molar refractivity (Wildman–Crippen MR) is 93.4 cm³/mol. The molecule has 0 aliphatic carbocycles. The fraction of sp³-hybridized carbons (Fsp3) is 0.176. The van der Waals surface area contributed by atoms with Crippen LogP contribution in [0.3, 0.4) is 0 Å². The molecule has 0 atom stereocenters. The summed E-state index contributed by atoms with van der Waals surface area (Å²) in [6.45, 7) is 3.64. The minimum absolute atomic E-state index is 0.147. The Bertz CT molecular complexity index is 926. The van der Waals surface area contributed by atoms with Crippen molar-refractivity contribution < 1.29 is 14.0 Å². The van der Waals surface area contributed by atoms with Crippen LogP contribution < -0.4 is 10.6 Å². The average molecular weight is 354 g/mol. The van der Waals surface area contributed by atoms with Gasteiger partial charge in [-0.05, 0) is 31.5 Å². The van der Waals surface area contributed by atoms with Crippen LogP contribution in [0.25, 0.3) is 11.3 Å². The molecule has 3 rings (SSSR count). The number of carbonyl (C=O) groups is 2. The summed E-state index contributed by atoms with van der Waals surface area (Å²) in [5, 5.41) is 15.3. The molecular weight excluding hydrogens is 340 g/mol. The van der Waals surface area contributed by atoms with E-state index in [0.29, 0.717) is 22.0 Å². The molecule has 0 aromatic carbocycles. The standard InChI is InChI=1S/C17H14N4O3S/c1-9-10(2)19-17(11(7-18)16(9)12-4-3-5-24-12)21-13(22)6-15-20-14(23)8-25-15/h3-6H,8H2,1-2H3,(H,20,23)(H,19,21,22)/b15-6+. The highest BCUT2D eigenvalue weighted by Gasteiger charge is 2.21. The molecule has 0 saturated carbocycles. The Morgan fingerprint density at radius 3 is 2.92 bits per heavy atom. The predicted octanol–water partition coefficient (Wildman–Crippen LogP) is 2.47. The number of carbonyl (C=O) groups excluding carboxylic acids is 2. The van der Waals surface area contributed by atoms with Crippen LogP contribution in [0.2, 0.25) is 0 Å². The van der Waals surface area contributed by atoms with Crippen molar-refractivity contribution in [1.82, 2.24) is 10.3 Å². The topological polar surface area (TPSA) is 108 Å². The number of hydrogen-bond acceptors (Lipinski definition) is 6. The average Bonchev–Trinajstić information content (AvgIpc) is 3.22. The van der Waals surface area contributed by atoms with E-state index >= 15 is 0 Å². The van der Waals surface area contributed by atoms with Crippen LogP contribution in [0.1, 0.15) is 16.8 Å². The molecule has 1 aliphatic heterocycles. The first kappa shape index (κ1) is 16.8. The van der Waals surface area contributed by atoms with Crippen molar-refractivity contribution in [3.05, 3.63) is 46.3 Å². The normalized spacial score (nSPS) is 15.1. The van der Waals surface area contributed by atoms with Gasteiger partial charge in [-0.2, -0.15) is 5.26 Å². The van der Waals surface area contributed by atoms with Gasteiger partial charge in [-0.25, -0.2) is 4.98 Å². The van der Waals surface area contributed by atoms with Gasteiger partial charge in [0.1, 0.15) is 17.4 Å². The van der Waals surface area contributed by atoms with E-state index in [-0.39, 0.29) is 23.0 Å². The molecule has 0 spiro atoms. The van der Waals surface area contributed by atoms with Crippen molar-refractivity contribution in [2.24, 2.45) is 0 Å². The molecule has 0 unspecified atom stereocenters. The van der Waals surface area contributed by atoms with E-state index < -0.39 is 5.91 Å². The van der Waals surface area contributed by atoms with Gasteiger partial charge < -0.3 is 15.1 Å². The number of amides is 2. The molecule has 1 fully saturated rings. The third kappa shape index (κ3) is 3.41. The number of aryl methyl sites for hydroxylation is 1. The second-order valence-corrected chi connectivity index (χ2v) is 6.36.